The molecule has 0 fully saturated rings. The van der Waals surface area contributed by atoms with Crippen molar-refractivity contribution in [1.82, 2.24) is 14.1 Å². The van der Waals surface area contributed by atoms with E-state index in [1.165, 1.54) is 11.6 Å². The first-order valence-corrected chi connectivity index (χ1v) is 10.3. The van der Waals surface area contributed by atoms with Crippen molar-refractivity contribution in [2.45, 2.75) is 31.6 Å². The Bertz CT molecular complexity index is 1320. The van der Waals surface area contributed by atoms with Gasteiger partial charge in [0.1, 0.15) is 5.75 Å². The number of nitrogens with zero attached hydrogens (tertiary/aromatic N) is 3. The molecule has 3 heterocycles. The van der Waals surface area contributed by atoms with Crippen LogP contribution in [-0.2, 0) is 26.9 Å². The Morgan fingerprint density at radius 2 is 1.77 bits per heavy atom. The van der Waals surface area contributed by atoms with Crippen LogP contribution in [0.3, 0.4) is 0 Å². The van der Waals surface area contributed by atoms with Crippen molar-refractivity contribution in [3.63, 3.8) is 0 Å². The summed E-state index contributed by atoms with van der Waals surface area (Å²) < 4.78 is 13.9. The highest BCUT2D eigenvalue weighted by atomic mass is 16.5. The SMILES string of the molecule is COc1ccc(C2c3c(nc4c(c3N)CCCC4)Oc3c2c(=O)n(C)c(=O)n3C)cc1. The third-order valence-corrected chi connectivity index (χ3v) is 6.38. The Morgan fingerprint density at radius 1 is 1.06 bits per heavy atom. The first-order chi connectivity index (χ1) is 14.9. The van der Waals surface area contributed by atoms with Crippen LogP contribution in [0.5, 0.6) is 17.5 Å². The van der Waals surface area contributed by atoms with Gasteiger partial charge >= 0.3 is 5.69 Å². The van der Waals surface area contributed by atoms with E-state index >= 15 is 0 Å². The molecule has 3 aromatic rings. The van der Waals surface area contributed by atoms with E-state index in [9.17, 15) is 9.59 Å². The standard InChI is InChI=1S/C23H24N4O4/c1-26-21(28)18-16(12-8-10-13(30-3)11-9-12)17-19(24)14-6-4-5-7-15(14)25-20(17)31-22(18)27(2)23(26)29/h8-11,16H,4-7H2,1-3H3,(H2,24,25). The Kier molecular flexibility index (Phi) is 4.39. The number of methoxy groups -OCH3 is 1. The number of hydrogen-bond acceptors (Lipinski definition) is 6. The third kappa shape index (κ3) is 2.78. The molecule has 8 heteroatoms. The molecule has 0 radical (unpaired) electrons. The molecule has 2 aromatic heterocycles. The summed E-state index contributed by atoms with van der Waals surface area (Å²) >= 11 is 0. The lowest BCUT2D eigenvalue weighted by Gasteiger charge is -2.32. The highest BCUT2D eigenvalue weighted by molar-refractivity contribution is 5.68. The zero-order chi connectivity index (χ0) is 21.9. The lowest BCUT2D eigenvalue weighted by Crippen LogP contribution is -2.41. The quantitative estimate of drug-likeness (QED) is 0.534. The fraction of sp³-hybridized carbons (Fsp3) is 0.348. The number of ether oxygens (including phenoxy) is 2. The second kappa shape index (κ2) is 7.01. The summed E-state index contributed by atoms with van der Waals surface area (Å²) in [4.78, 5) is 30.7. The molecule has 8 nitrogen and oxygen atoms in total. The number of aryl methyl sites for hydroxylation is 1. The fourth-order valence-corrected chi connectivity index (χ4v) is 4.71. The van der Waals surface area contributed by atoms with E-state index in [0.717, 1.165) is 47.1 Å². The van der Waals surface area contributed by atoms with Crippen molar-refractivity contribution in [3.05, 3.63) is 73.1 Å². The van der Waals surface area contributed by atoms with Crippen molar-refractivity contribution in [2.75, 3.05) is 12.8 Å². The Balaban J connectivity index is 1.86. The number of fused-ring (bicyclic) bond motifs is 3. The average molecular weight is 420 g/mol. The maximum absolute atomic E-state index is 13.3. The van der Waals surface area contributed by atoms with Crippen molar-refractivity contribution in [1.29, 1.82) is 0 Å². The molecule has 0 spiro atoms. The van der Waals surface area contributed by atoms with Gasteiger partial charge in [0, 0.05) is 25.5 Å². The van der Waals surface area contributed by atoms with Gasteiger partial charge in [-0.25, -0.2) is 9.78 Å². The summed E-state index contributed by atoms with van der Waals surface area (Å²) in [5, 5.41) is 0. The molecule has 1 aliphatic carbocycles. The van der Waals surface area contributed by atoms with E-state index < -0.39 is 17.2 Å². The third-order valence-electron chi connectivity index (χ3n) is 6.38. The summed E-state index contributed by atoms with van der Waals surface area (Å²) in [6.45, 7) is 0. The minimum atomic E-state index is -0.505. The molecular formula is C23H24N4O4. The molecular weight excluding hydrogens is 396 g/mol. The van der Waals surface area contributed by atoms with Gasteiger partial charge in [0.25, 0.3) is 5.56 Å². The lowest BCUT2D eigenvalue weighted by atomic mass is 9.81. The second-order valence-electron chi connectivity index (χ2n) is 8.11. The predicted octanol–water partition coefficient (Wildman–Crippen LogP) is 2.23. The highest BCUT2D eigenvalue weighted by Crippen LogP contribution is 2.49. The zero-order valence-corrected chi connectivity index (χ0v) is 17.8. The summed E-state index contributed by atoms with van der Waals surface area (Å²) in [5.41, 5.74) is 10.4. The summed E-state index contributed by atoms with van der Waals surface area (Å²) in [5.74, 6) is 0.787. The van der Waals surface area contributed by atoms with Crippen LogP contribution in [0.2, 0.25) is 0 Å². The minimum Gasteiger partial charge on any atom is -0.497 e. The van der Waals surface area contributed by atoms with E-state index in [0.29, 0.717) is 28.4 Å². The highest BCUT2D eigenvalue weighted by Gasteiger charge is 2.38. The molecule has 1 aromatic carbocycles. The van der Waals surface area contributed by atoms with Crippen molar-refractivity contribution < 1.29 is 9.47 Å². The van der Waals surface area contributed by atoms with Crippen LogP contribution < -0.4 is 26.5 Å². The van der Waals surface area contributed by atoms with Gasteiger partial charge in [0.05, 0.1) is 24.2 Å². The number of anilines is 1. The van der Waals surface area contributed by atoms with E-state index in [1.54, 1.807) is 14.2 Å². The van der Waals surface area contributed by atoms with Gasteiger partial charge in [-0.15, -0.1) is 0 Å². The van der Waals surface area contributed by atoms with Crippen LogP contribution in [0.4, 0.5) is 5.69 Å². The molecule has 160 valence electrons. The van der Waals surface area contributed by atoms with Crippen LogP contribution in [-0.4, -0.2) is 21.2 Å². The predicted molar refractivity (Wildman–Crippen MR) is 116 cm³/mol. The summed E-state index contributed by atoms with van der Waals surface area (Å²) in [6.07, 6.45) is 3.80. The fourth-order valence-electron chi connectivity index (χ4n) is 4.71. The van der Waals surface area contributed by atoms with Crippen molar-refractivity contribution in [2.24, 2.45) is 14.1 Å². The Hall–Kier alpha value is -3.55. The molecule has 2 aliphatic rings. The van der Waals surface area contributed by atoms with Crippen molar-refractivity contribution in [3.8, 4) is 17.5 Å². The Morgan fingerprint density at radius 3 is 2.48 bits per heavy atom. The van der Waals surface area contributed by atoms with Gasteiger partial charge in [0.2, 0.25) is 11.8 Å². The molecule has 2 N–H and O–H groups in total. The van der Waals surface area contributed by atoms with Crippen LogP contribution in [0.15, 0.2) is 33.9 Å². The summed E-state index contributed by atoms with van der Waals surface area (Å²) in [7, 11) is 4.67. The first kappa shape index (κ1) is 19.4. The van der Waals surface area contributed by atoms with Crippen LogP contribution in [0.25, 0.3) is 0 Å². The van der Waals surface area contributed by atoms with Crippen LogP contribution in [0, 0.1) is 0 Å². The number of rotatable bonds is 2. The molecule has 1 aliphatic heterocycles. The average Bonchev–Trinajstić information content (AvgIpc) is 2.80. The number of pyridine rings is 1. The molecule has 5 rings (SSSR count). The topological polar surface area (TPSA) is 101 Å². The molecule has 0 saturated carbocycles. The van der Waals surface area contributed by atoms with Gasteiger partial charge < -0.3 is 15.2 Å². The molecule has 31 heavy (non-hydrogen) atoms. The molecule has 0 amide bonds. The van der Waals surface area contributed by atoms with Gasteiger partial charge in [-0.3, -0.25) is 13.9 Å². The molecule has 1 atom stereocenters. The van der Waals surface area contributed by atoms with Gasteiger partial charge in [0.15, 0.2) is 0 Å². The zero-order valence-electron chi connectivity index (χ0n) is 17.8. The van der Waals surface area contributed by atoms with Crippen LogP contribution in [0.1, 0.15) is 46.7 Å². The lowest BCUT2D eigenvalue weighted by molar-refractivity contribution is 0.378. The smallest absolute Gasteiger partial charge is 0.333 e. The normalized spacial score (nSPS) is 16.7. The number of nitrogen functional groups attached to an aromatic ring is 1. The number of nitrogens with two attached hydrogens (primary N) is 1. The number of hydrogen-bond donors (Lipinski definition) is 1. The van der Waals surface area contributed by atoms with Crippen LogP contribution >= 0.6 is 0 Å². The maximum Gasteiger partial charge on any atom is 0.333 e. The monoisotopic (exact) mass is 420 g/mol. The molecule has 1 unspecified atom stereocenters. The first-order valence-electron chi connectivity index (χ1n) is 10.3. The Labute approximate surface area is 178 Å². The maximum atomic E-state index is 13.3. The van der Waals surface area contributed by atoms with Gasteiger partial charge in [-0.05, 0) is 48.9 Å². The van der Waals surface area contributed by atoms with Crippen molar-refractivity contribution >= 4 is 5.69 Å². The number of benzene rings is 1. The van der Waals surface area contributed by atoms with E-state index in [2.05, 4.69) is 0 Å². The summed E-state index contributed by atoms with van der Waals surface area (Å²) in [6, 6.07) is 7.51. The van der Waals surface area contributed by atoms with Gasteiger partial charge in [-0.1, -0.05) is 12.1 Å². The van der Waals surface area contributed by atoms with E-state index in [1.807, 2.05) is 24.3 Å². The largest absolute Gasteiger partial charge is 0.497 e. The molecule has 0 saturated heterocycles. The van der Waals surface area contributed by atoms with E-state index in [4.69, 9.17) is 20.2 Å². The molecule has 0 bridgehead atoms. The van der Waals surface area contributed by atoms with E-state index in [-0.39, 0.29) is 5.88 Å². The number of aromatic nitrogens is 3. The minimum absolute atomic E-state index is 0.212. The van der Waals surface area contributed by atoms with Gasteiger partial charge in [-0.2, -0.15) is 0 Å². The second-order valence-corrected chi connectivity index (χ2v) is 8.11.